The SMILES string of the molecule is CCc1ccc(OCC2c3cc(OC)c(OC)cc3CCN2C(=O)Cc2ccc(OC)cc2)cc1. The molecule has 1 heterocycles. The number of hydrogen-bond acceptors (Lipinski definition) is 5. The Kier molecular flexibility index (Phi) is 7.80. The molecule has 3 aromatic rings. The highest BCUT2D eigenvalue weighted by atomic mass is 16.5. The van der Waals surface area contributed by atoms with Gasteiger partial charge in [-0.25, -0.2) is 0 Å². The zero-order valence-electron chi connectivity index (χ0n) is 20.9. The highest BCUT2D eigenvalue weighted by molar-refractivity contribution is 5.80. The van der Waals surface area contributed by atoms with Gasteiger partial charge in [0, 0.05) is 6.54 Å². The highest BCUT2D eigenvalue weighted by Gasteiger charge is 2.32. The number of methoxy groups -OCH3 is 3. The Morgan fingerprint density at radius 1 is 0.857 bits per heavy atom. The van der Waals surface area contributed by atoms with Crippen molar-refractivity contribution < 1.29 is 23.7 Å². The summed E-state index contributed by atoms with van der Waals surface area (Å²) in [7, 11) is 4.90. The number of aryl methyl sites for hydroxylation is 1. The van der Waals surface area contributed by atoms with Gasteiger partial charge in [0.1, 0.15) is 18.1 Å². The molecule has 0 fully saturated rings. The molecule has 0 radical (unpaired) electrons. The Labute approximate surface area is 207 Å². The molecule has 0 saturated carbocycles. The average Bonchev–Trinajstić information content (AvgIpc) is 2.91. The van der Waals surface area contributed by atoms with Crippen molar-refractivity contribution in [2.24, 2.45) is 0 Å². The molecule has 3 aromatic carbocycles. The van der Waals surface area contributed by atoms with E-state index in [2.05, 4.69) is 19.1 Å². The largest absolute Gasteiger partial charge is 0.497 e. The molecular weight excluding hydrogens is 442 g/mol. The second-order valence-electron chi connectivity index (χ2n) is 8.59. The summed E-state index contributed by atoms with van der Waals surface area (Å²) in [5.41, 5.74) is 4.38. The van der Waals surface area contributed by atoms with Gasteiger partial charge in [-0.05, 0) is 71.5 Å². The molecule has 0 spiro atoms. The topological polar surface area (TPSA) is 57.2 Å². The van der Waals surface area contributed by atoms with Crippen molar-refractivity contribution in [3.05, 3.63) is 82.9 Å². The minimum absolute atomic E-state index is 0.0607. The zero-order valence-corrected chi connectivity index (χ0v) is 20.9. The van der Waals surface area contributed by atoms with Crippen LogP contribution in [0.4, 0.5) is 0 Å². The summed E-state index contributed by atoms with van der Waals surface area (Å²) in [5, 5.41) is 0. The molecule has 0 saturated heterocycles. The molecular formula is C29H33NO5. The predicted molar refractivity (Wildman–Crippen MR) is 136 cm³/mol. The number of carbonyl (C=O) groups is 1. The lowest BCUT2D eigenvalue weighted by molar-refractivity contribution is -0.134. The third kappa shape index (κ3) is 5.53. The minimum atomic E-state index is -0.241. The van der Waals surface area contributed by atoms with Crippen molar-refractivity contribution in [1.29, 1.82) is 0 Å². The second-order valence-corrected chi connectivity index (χ2v) is 8.59. The van der Waals surface area contributed by atoms with Crippen LogP contribution in [0, 0.1) is 0 Å². The van der Waals surface area contributed by atoms with Gasteiger partial charge < -0.3 is 23.8 Å². The monoisotopic (exact) mass is 475 g/mol. The molecule has 1 unspecified atom stereocenters. The zero-order chi connectivity index (χ0) is 24.8. The Bertz CT molecular complexity index is 1140. The van der Waals surface area contributed by atoms with Crippen LogP contribution in [0.3, 0.4) is 0 Å². The number of carbonyl (C=O) groups excluding carboxylic acids is 1. The first kappa shape index (κ1) is 24.5. The lowest BCUT2D eigenvalue weighted by atomic mass is 9.91. The first-order valence-corrected chi connectivity index (χ1v) is 11.9. The van der Waals surface area contributed by atoms with Crippen LogP contribution in [0.5, 0.6) is 23.0 Å². The first-order chi connectivity index (χ1) is 17.1. The van der Waals surface area contributed by atoms with E-state index in [1.165, 1.54) is 5.56 Å². The molecule has 1 aliphatic rings. The summed E-state index contributed by atoms with van der Waals surface area (Å²) < 4.78 is 22.5. The van der Waals surface area contributed by atoms with E-state index < -0.39 is 0 Å². The Balaban J connectivity index is 1.61. The molecule has 4 rings (SSSR count). The van der Waals surface area contributed by atoms with Crippen molar-refractivity contribution in [3.63, 3.8) is 0 Å². The van der Waals surface area contributed by atoms with E-state index >= 15 is 0 Å². The maximum atomic E-state index is 13.5. The van der Waals surface area contributed by atoms with Crippen molar-refractivity contribution >= 4 is 5.91 Å². The van der Waals surface area contributed by atoms with Crippen LogP contribution < -0.4 is 18.9 Å². The van der Waals surface area contributed by atoms with Crippen LogP contribution in [0.15, 0.2) is 60.7 Å². The third-order valence-corrected chi connectivity index (χ3v) is 6.58. The van der Waals surface area contributed by atoms with E-state index in [0.717, 1.165) is 41.0 Å². The number of benzene rings is 3. The standard InChI is InChI=1S/C29H33NO5/c1-5-20-6-12-24(13-7-20)35-19-26-25-18-28(34-4)27(33-3)17-22(25)14-15-30(26)29(31)16-21-8-10-23(32-2)11-9-21/h6-13,17-18,26H,5,14-16,19H2,1-4H3. The van der Waals surface area contributed by atoms with Crippen molar-refractivity contribution in [1.82, 2.24) is 4.90 Å². The van der Waals surface area contributed by atoms with E-state index in [9.17, 15) is 4.79 Å². The minimum Gasteiger partial charge on any atom is -0.497 e. The maximum absolute atomic E-state index is 13.5. The molecule has 0 N–H and O–H groups in total. The fourth-order valence-corrected chi connectivity index (χ4v) is 4.52. The molecule has 184 valence electrons. The number of nitrogens with zero attached hydrogens (tertiary/aromatic N) is 1. The normalized spacial score (nSPS) is 14.7. The van der Waals surface area contributed by atoms with Crippen LogP contribution in [-0.2, 0) is 24.1 Å². The van der Waals surface area contributed by atoms with Crippen LogP contribution >= 0.6 is 0 Å². The van der Waals surface area contributed by atoms with E-state index in [1.54, 1.807) is 21.3 Å². The molecule has 0 aromatic heterocycles. The molecule has 0 aliphatic carbocycles. The average molecular weight is 476 g/mol. The molecule has 1 aliphatic heterocycles. The summed E-state index contributed by atoms with van der Waals surface area (Å²) in [5.74, 6) is 2.96. The van der Waals surface area contributed by atoms with E-state index in [0.29, 0.717) is 31.1 Å². The van der Waals surface area contributed by atoms with E-state index in [4.69, 9.17) is 18.9 Å². The Morgan fingerprint density at radius 2 is 1.49 bits per heavy atom. The van der Waals surface area contributed by atoms with Crippen LogP contribution in [0.1, 0.15) is 35.2 Å². The molecule has 0 bridgehead atoms. The van der Waals surface area contributed by atoms with Gasteiger partial charge in [-0.1, -0.05) is 31.2 Å². The van der Waals surface area contributed by atoms with Crippen molar-refractivity contribution in [2.45, 2.75) is 32.2 Å². The number of ether oxygens (including phenoxy) is 4. The fourth-order valence-electron chi connectivity index (χ4n) is 4.52. The third-order valence-electron chi connectivity index (χ3n) is 6.58. The molecule has 1 atom stereocenters. The highest BCUT2D eigenvalue weighted by Crippen LogP contribution is 2.38. The van der Waals surface area contributed by atoms with Crippen molar-refractivity contribution in [3.8, 4) is 23.0 Å². The fraction of sp³-hybridized carbons (Fsp3) is 0.345. The predicted octanol–water partition coefficient (Wildman–Crippen LogP) is 5.02. The first-order valence-electron chi connectivity index (χ1n) is 11.9. The summed E-state index contributed by atoms with van der Waals surface area (Å²) in [4.78, 5) is 15.4. The Morgan fingerprint density at radius 3 is 2.11 bits per heavy atom. The van der Waals surface area contributed by atoms with Gasteiger partial charge >= 0.3 is 0 Å². The lowest BCUT2D eigenvalue weighted by Crippen LogP contribution is -2.43. The van der Waals surface area contributed by atoms with E-state index in [-0.39, 0.29) is 11.9 Å². The lowest BCUT2D eigenvalue weighted by Gasteiger charge is -2.37. The number of rotatable bonds is 9. The number of hydrogen-bond donors (Lipinski definition) is 0. The molecule has 35 heavy (non-hydrogen) atoms. The number of amides is 1. The van der Waals surface area contributed by atoms with Crippen LogP contribution in [-0.4, -0.2) is 45.3 Å². The van der Waals surface area contributed by atoms with Gasteiger partial charge in [0.25, 0.3) is 0 Å². The van der Waals surface area contributed by atoms with Gasteiger partial charge in [-0.3, -0.25) is 4.79 Å². The molecule has 6 heteroatoms. The summed E-state index contributed by atoms with van der Waals surface area (Å²) in [6.45, 7) is 3.09. The van der Waals surface area contributed by atoms with Gasteiger partial charge in [0.2, 0.25) is 5.91 Å². The Hall–Kier alpha value is -3.67. The smallest absolute Gasteiger partial charge is 0.227 e. The number of fused-ring (bicyclic) bond motifs is 1. The van der Waals surface area contributed by atoms with Gasteiger partial charge in [0.15, 0.2) is 11.5 Å². The maximum Gasteiger partial charge on any atom is 0.227 e. The van der Waals surface area contributed by atoms with Crippen molar-refractivity contribution in [2.75, 3.05) is 34.5 Å². The van der Waals surface area contributed by atoms with Gasteiger partial charge in [-0.2, -0.15) is 0 Å². The molecule has 6 nitrogen and oxygen atoms in total. The summed E-state index contributed by atoms with van der Waals surface area (Å²) in [6, 6.07) is 19.5. The van der Waals surface area contributed by atoms with Gasteiger partial charge in [-0.15, -0.1) is 0 Å². The molecule has 1 amide bonds. The van der Waals surface area contributed by atoms with Gasteiger partial charge in [0.05, 0.1) is 33.8 Å². The van der Waals surface area contributed by atoms with Crippen LogP contribution in [0.2, 0.25) is 0 Å². The van der Waals surface area contributed by atoms with Crippen LogP contribution in [0.25, 0.3) is 0 Å². The second kappa shape index (κ2) is 11.2. The quantitative estimate of drug-likeness (QED) is 0.435. The summed E-state index contributed by atoms with van der Waals surface area (Å²) in [6.07, 6.45) is 2.03. The van der Waals surface area contributed by atoms with E-state index in [1.807, 2.05) is 53.4 Å². The summed E-state index contributed by atoms with van der Waals surface area (Å²) >= 11 is 0.